The molecule has 1 aliphatic carbocycles. The number of benzene rings is 1. The van der Waals surface area contributed by atoms with Crippen LogP contribution >= 0.6 is 11.6 Å². The predicted octanol–water partition coefficient (Wildman–Crippen LogP) is 3.78. The summed E-state index contributed by atoms with van der Waals surface area (Å²) in [6.45, 7) is 0. The Balaban J connectivity index is 2.05. The predicted molar refractivity (Wildman–Crippen MR) is 66.6 cm³/mol. The number of hydrogen-bond donors (Lipinski definition) is 1. The number of hydrogen-bond acceptors (Lipinski definition) is 2. The van der Waals surface area contributed by atoms with Gasteiger partial charge >= 0.3 is 0 Å². The molecule has 1 fully saturated rings. The van der Waals surface area contributed by atoms with Gasteiger partial charge in [-0.2, -0.15) is 0 Å². The van der Waals surface area contributed by atoms with Crippen molar-refractivity contribution in [1.29, 1.82) is 0 Å². The lowest BCUT2D eigenvalue weighted by molar-refractivity contribution is -0.116. The number of halogens is 1. The van der Waals surface area contributed by atoms with E-state index in [0.717, 1.165) is 30.5 Å². The molecule has 1 aromatic rings. The fourth-order valence-electron chi connectivity index (χ4n) is 1.80. The summed E-state index contributed by atoms with van der Waals surface area (Å²) in [4.78, 5) is 11.5. The van der Waals surface area contributed by atoms with E-state index in [4.69, 9.17) is 11.6 Å². The van der Waals surface area contributed by atoms with E-state index < -0.39 is 0 Å². The summed E-state index contributed by atoms with van der Waals surface area (Å²) in [6, 6.07) is 7.47. The summed E-state index contributed by atoms with van der Waals surface area (Å²) < 4.78 is 0. The summed E-state index contributed by atoms with van der Waals surface area (Å²) in [7, 11) is 0. The molecule has 0 heterocycles. The molecule has 0 atom stereocenters. The highest BCUT2D eigenvalue weighted by Gasteiger charge is 2.14. The highest BCUT2D eigenvalue weighted by atomic mass is 35.5. The van der Waals surface area contributed by atoms with Gasteiger partial charge in [0, 0.05) is 28.9 Å². The quantitative estimate of drug-likeness (QED) is 0.791. The minimum absolute atomic E-state index is 0.265. The summed E-state index contributed by atoms with van der Waals surface area (Å²) in [5.41, 5.74) is 1.81. The number of allylic oxidation sites excluding steroid dienone is 1. The normalized spacial score (nSPS) is 18.8. The van der Waals surface area contributed by atoms with Crippen LogP contribution in [0.25, 0.3) is 0 Å². The third-order valence-corrected chi connectivity index (χ3v) is 2.93. The highest BCUT2D eigenvalue weighted by molar-refractivity contribution is 6.30. The molecular weight excluding hydrogens is 222 g/mol. The first-order chi connectivity index (χ1) is 7.75. The molecule has 0 unspecified atom stereocenters. The lowest BCUT2D eigenvalue weighted by atomic mass is 9.94. The van der Waals surface area contributed by atoms with Gasteiger partial charge in [-0.1, -0.05) is 17.7 Å². The summed E-state index contributed by atoms with van der Waals surface area (Å²) in [5, 5.41) is 3.81. The van der Waals surface area contributed by atoms with Crippen molar-refractivity contribution in [1.82, 2.24) is 0 Å². The van der Waals surface area contributed by atoms with E-state index in [1.54, 1.807) is 0 Å². The average Bonchev–Trinajstić information content (AvgIpc) is 2.28. The molecule has 1 N–H and O–H groups in total. The van der Waals surface area contributed by atoms with Crippen molar-refractivity contribution in [2.75, 3.05) is 5.32 Å². The first-order valence-electron chi connectivity index (χ1n) is 5.50. The van der Waals surface area contributed by atoms with E-state index >= 15 is 0 Å². The topological polar surface area (TPSA) is 29.1 Å². The number of ketones is 1. The van der Waals surface area contributed by atoms with E-state index in [2.05, 4.69) is 5.32 Å². The maximum Gasteiger partial charge on any atom is 0.160 e. The largest absolute Gasteiger partial charge is 0.361 e. The van der Waals surface area contributed by atoms with Gasteiger partial charge in [0.2, 0.25) is 0 Å². The Morgan fingerprint density at radius 3 is 2.81 bits per heavy atom. The molecule has 0 bridgehead atoms. The van der Waals surface area contributed by atoms with Crippen molar-refractivity contribution in [2.45, 2.75) is 25.7 Å². The zero-order valence-corrected chi connectivity index (χ0v) is 9.76. The van der Waals surface area contributed by atoms with Gasteiger partial charge in [0.15, 0.2) is 5.78 Å². The zero-order valence-electron chi connectivity index (χ0n) is 9.00. The molecule has 2 nitrogen and oxygen atoms in total. The third kappa shape index (κ3) is 2.86. The van der Waals surface area contributed by atoms with Crippen LogP contribution in [0.3, 0.4) is 0 Å². The number of Topliss-reactive ketones (excluding diaryl/α,β-unsaturated/α-hetero) is 1. The highest BCUT2D eigenvalue weighted by Crippen LogP contribution is 2.20. The molecule has 84 valence electrons. The number of nitrogens with one attached hydrogen (secondary N) is 1. The van der Waals surface area contributed by atoms with Crippen LogP contribution in [0, 0.1) is 0 Å². The van der Waals surface area contributed by atoms with Crippen LogP contribution in [0.15, 0.2) is 36.0 Å². The molecule has 0 radical (unpaired) electrons. The molecule has 0 aromatic heterocycles. The average molecular weight is 236 g/mol. The molecule has 0 aliphatic heterocycles. The Kier molecular flexibility index (Phi) is 3.62. The monoisotopic (exact) mass is 235 g/mol. The van der Waals surface area contributed by atoms with Gasteiger partial charge in [-0.15, -0.1) is 0 Å². The van der Waals surface area contributed by atoms with E-state index in [0.29, 0.717) is 11.4 Å². The van der Waals surface area contributed by atoms with Crippen LogP contribution in [0.1, 0.15) is 25.7 Å². The summed E-state index contributed by atoms with van der Waals surface area (Å²) >= 11 is 5.87. The number of rotatable bonds is 2. The van der Waals surface area contributed by atoms with Gasteiger partial charge in [0.1, 0.15) is 0 Å². The van der Waals surface area contributed by atoms with Crippen LogP contribution in [-0.2, 0) is 4.79 Å². The third-order valence-electron chi connectivity index (χ3n) is 2.70. The smallest absolute Gasteiger partial charge is 0.160 e. The fraction of sp³-hybridized carbons (Fsp3) is 0.308. The number of carbonyl (C=O) groups excluding carboxylic acids is 1. The molecule has 2 rings (SSSR count). The minimum Gasteiger partial charge on any atom is -0.361 e. The molecule has 3 heteroatoms. The molecule has 1 aromatic carbocycles. The maximum absolute atomic E-state index is 11.5. The Morgan fingerprint density at radius 2 is 2.06 bits per heavy atom. The molecule has 1 aliphatic rings. The van der Waals surface area contributed by atoms with E-state index in [-0.39, 0.29) is 5.78 Å². The van der Waals surface area contributed by atoms with Crippen LogP contribution < -0.4 is 5.32 Å². The van der Waals surface area contributed by atoms with Gasteiger partial charge in [-0.25, -0.2) is 0 Å². The van der Waals surface area contributed by atoms with Crippen molar-refractivity contribution in [3.63, 3.8) is 0 Å². The van der Waals surface area contributed by atoms with Crippen molar-refractivity contribution < 1.29 is 4.79 Å². The van der Waals surface area contributed by atoms with Gasteiger partial charge in [0.05, 0.1) is 0 Å². The Labute approximate surface area is 100 Å². The van der Waals surface area contributed by atoms with Gasteiger partial charge in [-0.05, 0) is 37.5 Å². The second-order valence-electron chi connectivity index (χ2n) is 3.95. The lowest BCUT2D eigenvalue weighted by Gasteiger charge is -2.12. The van der Waals surface area contributed by atoms with Crippen LogP contribution in [0.2, 0.25) is 5.02 Å². The fourth-order valence-corrected chi connectivity index (χ4v) is 1.99. The Bertz CT molecular complexity index is 426. The minimum atomic E-state index is 0.265. The van der Waals surface area contributed by atoms with Gasteiger partial charge < -0.3 is 5.32 Å². The lowest BCUT2D eigenvalue weighted by Crippen LogP contribution is -2.09. The summed E-state index contributed by atoms with van der Waals surface area (Å²) in [6.07, 6.45) is 5.50. The number of anilines is 1. The molecule has 0 saturated heterocycles. The van der Waals surface area contributed by atoms with Crippen molar-refractivity contribution in [2.24, 2.45) is 0 Å². The van der Waals surface area contributed by atoms with Gasteiger partial charge in [-0.3, -0.25) is 4.79 Å². The van der Waals surface area contributed by atoms with Crippen molar-refractivity contribution in [3.8, 4) is 0 Å². The van der Waals surface area contributed by atoms with Crippen LogP contribution in [0.4, 0.5) is 5.69 Å². The maximum atomic E-state index is 11.5. The Morgan fingerprint density at radius 1 is 1.25 bits per heavy atom. The van der Waals surface area contributed by atoms with Crippen LogP contribution in [0.5, 0.6) is 0 Å². The van der Waals surface area contributed by atoms with E-state index in [1.807, 2.05) is 30.5 Å². The number of carbonyl (C=O) groups is 1. The first-order valence-corrected chi connectivity index (χ1v) is 5.88. The zero-order chi connectivity index (χ0) is 11.4. The second-order valence-corrected chi connectivity index (χ2v) is 4.39. The van der Waals surface area contributed by atoms with Crippen molar-refractivity contribution >= 4 is 23.1 Å². The van der Waals surface area contributed by atoms with E-state index in [9.17, 15) is 4.79 Å². The summed E-state index contributed by atoms with van der Waals surface area (Å²) in [5.74, 6) is 0.265. The molecule has 0 spiro atoms. The Hall–Kier alpha value is -1.28. The standard InChI is InChI=1S/C13H14ClNO/c14-11-5-3-6-12(8-11)15-9-10-4-1-2-7-13(10)16/h3,5-6,8-9,15H,1-2,4,7H2/b10-9+. The van der Waals surface area contributed by atoms with E-state index in [1.165, 1.54) is 0 Å². The van der Waals surface area contributed by atoms with Crippen molar-refractivity contribution in [3.05, 3.63) is 41.1 Å². The second kappa shape index (κ2) is 5.17. The molecular formula is C13H14ClNO. The first kappa shape index (κ1) is 11.2. The molecule has 0 amide bonds. The van der Waals surface area contributed by atoms with Crippen LogP contribution in [-0.4, -0.2) is 5.78 Å². The van der Waals surface area contributed by atoms with Gasteiger partial charge in [0.25, 0.3) is 0 Å². The SMILES string of the molecule is O=C1CCCC/C1=C\Nc1cccc(Cl)c1. The molecule has 1 saturated carbocycles. The molecule has 16 heavy (non-hydrogen) atoms.